The van der Waals surface area contributed by atoms with E-state index >= 15 is 0 Å². The van der Waals surface area contributed by atoms with Crippen molar-refractivity contribution in [2.75, 3.05) is 7.05 Å². The van der Waals surface area contributed by atoms with Gasteiger partial charge >= 0.3 is 6.03 Å². The highest BCUT2D eigenvalue weighted by Gasteiger charge is 2.30. The lowest BCUT2D eigenvalue weighted by molar-refractivity contribution is -0.121. The van der Waals surface area contributed by atoms with E-state index in [2.05, 4.69) is 29.8 Å². The molecule has 1 saturated heterocycles. The van der Waals surface area contributed by atoms with Crippen molar-refractivity contribution in [3.8, 4) is 0 Å². The largest absolute Gasteiger partial charge is 0.344 e. The summed E-state index contributed by atoms with van der Waals surface area (Å²) in [5.41, 5.74) is 2.39. The van der Waals surface area contributed by atoms with Crippen LogP contribution >= 0.6 is 0 Å². The maximum Gasteiger partial charge on any atom is 0.328 e. The van der Waals surface area contributed by atoms with Gasteiger partial charge in [0.05, 0.1) is 0 Å². The fourth-order valence-corrected chi connectivity index (χ4v) is 2.69. The van der Waals surface area contributed by atoms with Crippen LogP contribution in [0.25, 0.3) is 17.0 Å². The van der Waals surface area contributed by atoms with E-state index in [1.807, 2.05) is 24.4 Å². The Labute approximate surface area is 129 Å². The third kappa shape index (κ3) is 2.19. The molecule has 0 unspecified atom stereocenters. The van der Waals surface area contributed by atoms with Gasteiger partial charge in [0.15, 0.2) is 0 Å². The summed E-state index contributed by atoms with van der Waals surface area (Å²) in [6, 6.07) is 8.08. The zero-order valence-corrected chi connectivity index (χ0v) is 13.0. The quantitative estimate of drug-likeness (QED) is 0.699. The van der Waals surface area contributed by atoms with Crippen molar-refractivity contribution >= 4 is 28.9 Å². The Kier molecular flexibility index (Phi) is 3.48. The molecule has 2 aromatic rings. The van der Waals surface area contributed by atoms with Crippen molar-refractivity contribution in [1.82, 2.24) is 14.8 Å². The number of aromatic nitrogens is 1. The molecule has 1 aliphatic rings. The third-order valence-corrected chi connectivity index (χ3v) is 4.22. The summed E-state index contributed by atoms with van der Waals surface area (Å²) in [5, 5.41) is 3.68. The van der Waals surface area contributed by atoms with E-state index < -0.39 is 0 Å². The number of carbonyl (C=O) groups is 2. The molecular weight excluding hydrogens is 278 g/mol. The molecule has 114 valence electrons. The lowest BCUT2D eigenvalue weighted by Crippen LogP contribution is -2.25. The topological polar surface area (TPSA) is 54.3 Å². The number of para-hydroxylation sites is 1. The molecule has 3 rings (SSSR count). The molecule has 0 saturated carbocycles. The van der Waals surface area contributed by atoms with E-state index in [1.165, 1.54) is 7.05 Å². The van der Waals surface area contributed by atoms with Gasteiger partial charge in [0.25, 0.3) is 5.91 Å². The number of likely N-dealkylation sites (N-methyl/N-ethyl adjacent to an activating group) is 1. The highest BCUT2D eigenvalue weighted by molar-refractivity contribution is 6.14. The van der Waals surface area contributed by atoms with Gasteiger partial charge in [-0.1, -0.05) is 25.1 Å². The molecule has 0 aliphatic carbocycles. The summed E-state index contributed by atoms with van der Waals surface area (Å²) >= 11 is 0. The summed E-state index contributed by atoms with van der Waals surface area (Å²) in [5.74, 6) is -0.301. The summed E-state index contributed by atoms with van der Waals surface area (Å²) in [6.45, 7) is 4.31. The Bertz CT molecular complexity index is 788. The average molecular weight is 297 g/mol. The standard InChI is InChI=1S/C17H19N3O2/c1-4-11(2)20-10-12(13-7-5-6-8-15(13)20)9-14-16(21)19(3)17(22)18-14/h5-11H,4H2,1-3H3,(H,18,22)/b14-9+/t11-/m0/s1. The van der Waals surface area contributed by atoms with Crippen LogP contribution in [0.3, 0.4) is 0 Å². The number of nitrogens with zero attached hydrogens (tertiary/aromatic N) is 2. The number of nitrogens with one attached hydrogen (secondary N) is 1. The van der Waals surface area contributed by atoms with Gasteiger partial charge < -0.3 is 9.88 Å². The number of amides is 3. The second kappa shape index (κ2) is 5.33. The zero-order chi connectivity index (χ0) is 15.9. The van der Waals surface area contributed by atoms with Crippen molar-refractivity contribution in [1.29, 1.82) is 0 Å². The second-order valence-electron chi connectivity index (χ2n) is 5.62. The molecule has 2 heterocycles. The van der Waals surface area contributed by atoms with Crippen LogP contribution in [0.15, 0.2) is 36.2 Å². The monoisotopic (exact) mass is 297 g/mol. The summed E-state index contributed by atoms with van der Waals surface area (Å²) < 4.78 is 2.21. The molecule has 22 heavy (non-hydrogen) atoms. The summed E-state index contributed by atoms with van der Waals surface area (Å²) in [7, 11) is 1.47. The van der Waals surface area contributed by atoms with Crippen molar-refractivity contribution in [3.05, 3.63) is 41.7 Å². The Morgan fingerprint density at radius 2 is 2.00 bits per heavy atom. The van der Waals surface area contributed by atoms with Gasteiger partial charge in [-0.15, -0.1) is 0 Å². The first kappa shape index (κ1) is 14.4. The Morgan fingerprint density at radius 1 is 1.27 bits per heavy atom. The highest BCUT2D eigenvalue weighted by Crippen LogP contribution is 2.28. The first-order valence-electron chi connectivity index (χ1n) is 7.43. The normalized spacial score (nSPS) is 18.3. The molecule has 3 amide bonds. The Balaban J connectivity index is 2.12. The minimum absolute atomic E-state index is 0.301. The van der Waals surface area contributed by atoms with E-state index in [0.29, 0.717) is 11.7 Å². The minimum atomic E-state index is -0.387. The Morgan fingerprint density at radius 3 is 2.64 bits per heavy atom. The van der Waals surface area contributed by atoms with Crippen molar-refractivity contribution in [2.24, 2.45) is 0 Å². The van der Waals surface area contributed by atoms with Gasteiger partial charge in [-0.3, -0.25) is 9.69 Å². The van der Waals surface area contributed by atoms with Crippen molar-refractivity contribution < 1.29 is 9.59 Å². The van der Waals surface area contributed by atoms with E-state index in [1.54, 1.807) is 6.08 Å². The van der Waals surface area contributed by atoms with Crippen molar-refractivity contribution in [2.45, 2.75) is 26.3 Å². The number of hydrogen-bond donors (Lipinski definition) is 1. The maximum atomic E-state index is 12.0. The molecule has 5 nitrogen and oxygen atoms in total. The summed E-state index contributed by atoms with van der Waals surface area (Å²) in [6.07, 6.45) is 4.82. The molecule has 0 bridgehead atoms. The van der Waals surface area contributed by atoms with Crippen LogP contribution in [0.2, 0.25) is 0 Å². The molecule has 1 aromatic carbocycles. The van der Waals surface area contributed by atoms with E-state index in [-0.39, 0.29) is 11.9 Å². The van der Waals surface area contributed by atoms with Crippen LogP contribution in [-0.4, -0.2) is 28.5 Å². The Hall–Kier alpha value is -2.56. The zero-order valence-electron chi connectivity index (χ0n) is 13.0. The number of imide groups is 1. The van der Waals surface area contributed by atoms with Crippen LogP contribution in [-0.2, 0) is 4.79 Å². The molecule has 0 radical (unpaired) electrons. The number of rotatable bonds is 3. The van der Waals surface area contributed by atoms with Gasteiger partial charge in [0.2, 0.25) is 0 Å². The van der Waals surface area contributed by atoms with Crippen LogP contribution in [0, 0.1) is 0 Å². The van der Waals surface area contributed by atoms with Crippen LogP contribution in [0.4, 0.5) is 4.79 Å². The van der Waals surface area contributed by atoms with Crippen molar-refractivity contribution in [3.63, 3.8) is 0 Å². The fraction of sp³-hybridized carbons (Fsp3) is 0.294. The molecule has 1 aliphatic heterocycles. The number of hydrogen-bond acceptors (Lipinski definition) is 2. The molecular formula is C17H19N3O2. The van der Waals surface area contributed by atoms with Crippen LogP contribution in [0.5, 0.6) is 0 Å². The molecule has 0 spiro atoms. The molecule has 1 N–H and O–H groups in total. The molecule has 5 heteroatoms. The highest BCUT2D eigenvalue weighted by atomic mass is 16.2. The van der Waals surface area contributed by atoms with Gasteiger partial charge in [-0.2, -0.15) is 0 Å². The first-order chi connectivity index (χ1) is 10.5. The minimum Gasteiger partial charge on any atom is -0.344 e. The van der Waals surface area contributed by atoms with Gasteiger partial charge in [0, 0.05) is 35.8 Å². The number of carbonyl (C=O) groups excluding carboxylic acids is 2. The second-order valence-corrected chi connectivity index (χ2v) is 5.62. The smallest absolute Gasteiger partial charge is 0.328 e. The third-order valence-electron chi connectivity index (χ3n) is 4.22. The van der Waals surface area contributed by atoms with Crippen LogP contribution in [0.1, 0.15) is 31.9 Å². The van der Waals surface area contributed by atoms with Gasteiger partial charge in [0.1, 0.15) is 5.70 Å². The average Bonchev–Trinajstić information content (AvgIpc) is 3.01. The fourth-order valence-electron chi connectivity index (χ4n) is 2.69. The van der Waals surface area contributed by atoms with E-state index in [0.717, 1.165) is 27.8 Å². The number of urea groups is 1. The number of fused-ring (bicyclic) bond motifs is 1. The molecule has 1 fully saturated rings. The number of benzene rings is 1. The van der Waals surface area contributed by atoms with Gasteiger partial charge in [-0.05, 0) is 25.5 Å². The first-order valence-corrected chi connectivity index (χ1v) is 7.43. The summed E-state index contributed by atoms with van der Waals surface area (Å²) in [4.78, 5) is 24.7. The maximum absolute atomic E-state index is 12.0. The van der Waals surface area contributed by atoms with Crippen LogP contribution < -0.4 is 5.32 Å². The lowest BCUT2D eigenvalue weighted by Gasteiger charge is -2.12. The molecule has 1 atom stereocenters. The SMILES string of the molecule is CC[C@H](C)n1cc(/C=C2/NC(=O)N(C)C2=O)c2ccccc21. The van der Waals surface area contributed by atoms with Gasteiger partial charge in [-0.25, -0.2) is 4.79 Å². The molecule has 1 aromatic heterocycles. The van der Waals surface area contributed by atoms with E-state index in [4.69, 9.17) is 0 Å². The predicted molar refractivity (Wildman–Crippen MR) is 86.2 cm³/mol. The van der Waals surface area contributed by atoms with E-state index in [9.17, 15) is 9.59 Å². The lowest BCUT2D eigenvalue weighted by atomic mass is 10.1. The predicted octanol–water partition coefficient (Wildman–Crippen LogP) is 3.13.